The molecule has 2 rings (SSSR count). The number of carboxylic acid groups (broad SMARTS) is 1. The van der Waals surface area contributed by atoms with Crippen LogP contribution in [0.3, 0.4) is 0 Å². The molecule has 0 saturated heterocycles. The zero-order chi connectivity index (χ0) is 13.8. The van der Waals surface area contributed by atoms with Crippen molar-refractivity contribution in [2.24, 2.45) is 7.05 Å². The van der Waals surface area contributed by atoms with Gasteiger partial charge in [-0.3, -0.25) is 4.79 Å². The van der Waals surface area contributed by atoms with Crippen molar-refractivity contribution in [2.75, 3.05) is 7.11 Å². The van der Waals surface area contributed by atoms with Gasteiger partial charge in [-0.2, -0.15) is 0 Å². The van der Waals surface area contributed by atoms with Gasteiger partial charge in [0.15, 0.2) is 0 Å². The van der Waals surface area contributed by atoms with Gasteiger partial charge in [-0.15, -0.1) is 0 Å². The third-order valence-corrected chi connectivity index (χ3v) is 2.90. The van der Waals surface area contributed by atoms with Crippen molar-refractivity contribution < 1.29 is 14.6 Å². The third kappa shape index (κ3) is 3.13. The van der Waals surface area contributed by atoms with Crippen molar-refractivity contribution in [2.45, 2.75) is 12.8 Å². The van der Waals surface area contributed by atoms with E-state index in [1.807, 2.05) is 42.1 Å². The van der Waals surface area contributed by atoms with Crippen LogP contribution >= 0.6 is 0 Å². The SMILES string of the molecule is COc1cccc(-c2cn(C)c(CCC(=O)O)n2)c1. The van der Waals surface area contributed by atoms with E-state index in [2.05, 4.69) is 4.98 Å². The Balaban J connectivity index is 2.25. The molecule has 19 heavy (non-hydrogen) atoms. The van der Waals surface area contributed by atoms with E-state index >= 15 is 0 Å². The lowest BCUT2D eigenvalue weighted by Crippen LogP contribution is -2.02. The summed E-state index contributed by atoms with van der Waals surface area (Å²) in [6, 6.07) is 7.63. The molecule has 1 heterocycles. The summed E-state index contributed by atoms with van der Waals surface area (Å²) in [7, 11) is 3.49. The molecule has 0 amide bonds. The maximum absolute atomic E-state index is 10.6. The van der Waals surface area contributed by atoms with Gasteiger partial charge in [0, 0.05) is 25.2 Å². The Morgan fingerprint density at radius 1 is 1.47 bits per heavy atom. The van der Waals surface area contributed by atoms with E-state index < -0.39 is 5.97 Å². The first-order valence-corrected chi connectivity index (χ1v) is 5.98. The first kappa shape index (κ1) is 13.1. The van der Waals surface area contributed by atoms with E-state index in [1.54, 1.807) is 7.11 Å². The van der Waals surface area contributed by atoms with E-state index in [0.29, 0.717) is 6.42 Å². The molecule has 5 heteroatoms. The second kappa shape index (κ2) is 5.56. The van der Waals surface area contributed by atoms with Crippen LogP contribution in [-0.4, -0.2) is 27.7 Å². The van der Waals surface area contributed by atoms with E-state index in [-0.39, 0.29) is 6.42 Å². The standard InChI is InChI=1S/C14H16N2O3/c1-16-9-12(15-13(16)6-7-14(17)18)10-4-3-5-11(8-10)19-2/h3-5,8-9H,6-7H2,1-2H3,(H,17,18). The summed E-state index contributed by atoms with van der Waals surface area (Å²) >= 11 is 0. The molecular weight excluding hydrogens is 244 g/mol. The fourth-order valence-corrected chi connectivity index (χ4v) is 1.88. The number of carbonyl (C=O) groups is 1. The molecule has 0 aliphatic rings. The molecule has 1 aromatic heterocycles. The molecular formula is C14H16N2O3. The molecule has 1 N–H and O–H groups in total. The Hall–Kier alpha value is -2.30. The molecule has 0 radical (unpaired) electrons. The quantitative estimate of drug-likeness (QED) is 0.894. The zero-order valence-corrected chi connectivity index (χ0v) is 11.0. The number of rotatable bonds is 5. The van der Waals surface area contributed by atoms with Gasteiger partial charge >= 0.3 is 5.97 Å². The minimum absolute atomic E-state index is 0.0857. The second-order valence-corrected chi connectivity index (χ2v) is 4.28. The molecule has 0 saturated carbocycles. The van der Waals surface area contributed by atoms with Crippen LogP contribution in [0.5, 0.6) is 5.75 Å². The average molecular weight is 260 g/mol. The van der Waals surface area contributed by atoms with Crippen molar-refractivity contribution in [3.63, 3.8) is 0 Å². The van der Waals surface area contributed by atoms with Crippen molar-refractivity contribution >= 4 is 5.97 Å². The van der Waals surface area contributed by atoms with Crippen LogP contribution in [-0.2, 0) is 18.3 Å². The summed E-state index contributed by atoms with van der Waals surface area (Å²) in [6.07, 6.45) is 2.41. The van der Waals surface area contributed by atoms with Crippen molar-refractivity contribution in [3.05, 3.63) is 36.3 Å². The predicted octanol–water partition coefficient (Wildman–Crippen LogP) is 2.11. The number of ether oxygens (including phenoxy) is 1. The van der Waals surface area contributed by atoms with Gasteiger partial charge in [-0.1, -0.05) is 12.1 Å². The Kier molecular flexibility index (Phi) is 3.85. The minimum Gasteiger partial charge on any atom is -0.497 e. The highest BCUT2D eigenvalue weighted by Crippen LogP contribution is 2.23. The van der Waals surface area contributed by atoms with Crippen molar-refractivity contribution in [1.82, 2.24) is 9.55 Å². The Morgan fingerprint density at radius 2 is 2.26 bits per heavy atom. The summed E-state index contributed by atoms with van der Waals surface area (Å²) in [5.41, 5.74) is 1.78. The number of imidazole rings is 1. The summed E-state index contributed by atoms with van der Waals surface area (Å²) in [6.45, 7) is 0. The number of carboxylic acids is 1. The molecule has 0 unspecified atom stereocenters. The van der Waals surface area contributed by atoms with Crippen LogP contribution in [0.15, 0.2) is 30.5 Å². The monoisotopic (exact) mass is 260 g/mol. The Morgan fingerprint density at radius 3 is 2.95 bits per heavy atom. The van der Waals surface area contributed by atoms with Gasteiger partial charge < -0.3 is 14.4 Å². The average Bonchev–Trinajstić information content (AvgIpc) is 2.78. The van der Waals surface area contributed by atoms with E-state index in [4.69, 9.17) is 9.84 Å². The van der Waals surface area contributed by atoms with Gasteiger partial charge in [-0.05, 0) is 12.1 Å². The normalized spacial score (nSPS) is 10.4. The molecule has 5 nitrogen and oxygen atoms in total. The molecule has 0 atom stereocenters. The van der Waals surface area contributed by atoms with Gasteiger partial charge in [0.05, 0.1) is 19.2 Å². The highest BCUT2D eigenvalue weighted by atomic mass is 16.5. The fourth-order valence-electron chi connectivity index (χ4n) is 1.88. The third-order valence-electron chi connectivity index (χ3n) is 2.90. The van der Waals surface area contributed by atoms with Crippen LogP contribution in [0.4, 0.5) is 0 Å². The molecule has 0 aliphatic heterocycles. The zero-order valence-electron chi connectivity index (χ0n) is 11.0. The highest BCUT2D eigenvalue weighted by Gasteiger charge is 2.09. The van der Waals surface area contributed by atoms with Crippen LogP contribution in [0, 0.1) is 0 Å². The van der Waals surface area contributed by atoms with Crippen LogP contribution in [0.1, 0.15) is 12.2 Å². The van der Waals surface area contributed by atoms with E-state index in [1.165, 1.54) is 0 Å². The lowest BCUT2D eigenvalue weighted by atomic mass is 10.1. The predicted molar refractivity (Wildman–Crippen MR) is 71.2 cm³/mol. The molecule has 0 spiro atoms. The smallest absolute Gasteiger partial charge is 0.303 e. The van der Waals surface area contributed by atoms with E-state index in [9.17, 15) is 4.79 Å². The van der Waals surface area contributed by atoms with Crippen molar-refractivity contribution in [1.29, 1.82) is 0 Å². The number of hydrogen-bond donors (Lipinski definition) is 1. The summed E-state index contributed by atoms with van der Waals surface area (Å²) in [5.74, 6) is 0.724. The molecule has 1 aromatic carbocycles. The molecule has 2 aromatic rings. The number of benzene rings is 1. The number of methoxy groups -OCH3 is 1. The summed E-state index contributed by atoms with van der Waals surface area (Å²) < 4.78 is 7.04. The van der Waals surface area contributed by atoms with Gasteiger partial charge in [-0.25, -0.2) is 4.98 Å². The van der Waals surface area contributed by atoms with E-state index in [0.717, 1.165) is 22.8 Å². The largest absolute Gasteiger partial charge is 0.497 e. The second-order valence-electron chi connectivity index (χ2n) is 4.28. The Bertz CT molecular complexity index is 590. The number of aryl methyl sites for hydroxylation is 2. The topological polar surface area (TPSA) is 64.3 Å². The number of aliphatic carboxylic acids is 1. The lowest BCUT2D eigenvalue weighted by Gasteiger charge is -2.01. The fraction of sp³-hybridized carbons (Fsp3) is 0.286. The Labute approximate surface area is 111 Å². The summed E-state index contributed by atoms with van der Waals surface area (Å²) in [5, 5.41) is 8.70. The minimum atomic E-state index is -0.814. The maximum Gasteiger partial charge on any atom is 0.303 e. The van der Waals surface area contributed by atoms with Gasteiger partial charge in [0.1, 0.15) is 11.6 Å². The number of aromatic nitrogens is 2. The first-order valence-electron chi connectivity index (χ1n) is 5.98. The molecule has 0 aliphatic carbocycles. The van der Waals surface area contributed by atoms with Gasteiger partial charge in [0.25, 0.3) is 0 Å². The van der Waals surface area contributed by atoms with Crippen LogP contribution in [0.2, 0.25) is 0 Å². The first-order chi connectivity index (χ1) is 9.10. The number of nitrogens with zero attached hydrogens (tertiary/aromatic N) is 2. The van der Waals surface area contributed by atoms with Crippen LogP contribution < -0.4 is 4.74 Å². The maximum atomic E-state index is 10.6. The lowest BCUT2D eigenvalue weighted by molar-refractivity contribution is -0.137. The van der Waals surface area contributed by atoms with Crippen LogP contribution in [0.25, 0.3) is 11.3 Å². The summed E-state index contributed by atoms with van der Waals surface area (Å²) in [4.78, 5) is 15.1. The molecule has 0 fully saturated rings. The molecule has 100 valence electrons. The highest BCUT2D eigenvalue weighted by molar-refractivity contribution is 5.67. The number of hydrogen-bond acceptors (Lipinski definition) is 3. The van der Waals surface area contributed by atoms with Crippen molar-refractivity contribution in [3.8, 4) is 17.0 Å². The molecule has 0 bridgehead atoms. The van der Waals surface area contributed by atoms with Gasteiger partial charge in [0.2, 0.25) is 0 Å².